The molecule has 0 aliphatic heterocycles. The zero-order valence-electron chi connectivity index (χ0n) is 8.97. The third kappa shape index (κ3) is 3.14. The lowest BCUT2D eigenvalue weighted by Crippen LogP contribution is -2.76. The van der Waals surface area contributed by atoms with Gasteiger partial charge in [0.1, 0.15) is 10.8 Å². The Morgan fingerprint density at radius 1 is 1.50 bits per heavy atom. The molecule has 0 aliphatic carbocycles. The van der Waals surface area contributed by atoms with Crippen LogP contribution in [0.5, 0.6) is 0 Å². The molecule has 4 N–H and O–H groups in total. The van der Waals surface area contributed by atoms with Gasteiger partial charge in [-0.2, -0.15) is 5.48 Å². The number of anilines is 1. The van der Waals surface area contributed by atoms with Crippen LogP contribution in [0, 0.1) is 6.92 Å². The van der Waals surface area contributed by atoms with Crippen molar-refractivity contribution >= 4 is 23.1 Å². The summed E-state index contributed by atoms with van der Waals surface area (Å²) in [4.78, 5) is 8.75. The molecule has 0 fully saturated rings. The van der Waals surface area contributed by atoms with Crippen molar-refractivity contribution in [1.82, 2.24) is 4.98 Å². The van der Waals surface area contributed by atoms with Crippen molar-refractivity contribution in [3.05, 3.63) is 16.8 Å². The third-order valence-electron chi connectivity index (χ3n) is 1.55. The van der Waals surface area contributed by atoms with Crippen LogP contribution in [0.25, 0.3) is 0 Å². The maximum absolute atomic E-state index is 5.95. The molecule has 0 spiro atoms. The van der Waals surface area contributed by atoms with Crippen LogP contribution in [0.3, 0.4) is 0 Å². The molecule has 80 valence electrons. The van der Waals surface area contributed by atoms with Crippen molar-refractivity contribution in [2.75, 3.05) is 12.8 Å². The Morgan fingerprint density at radius 3 is 2.57 bits per heavy atom. The van der Waals surface area contributed by atoms with Gasteiger partial charge in [0.25, 0.3) is 0 Å². The Kier molecular flexibility index (Phi) is 6.19. The molecule has 1 aromatic heterocycles. The van der Waals surface area contributed by atoms with Gasteiger partial charge in [0.2, 0.25) is 0 Å². The van der Waals surface area contributed by atoms with E-state index in [-0.39, 0.29) is 0 Å². The first kappa shape index (κ1) is 13.2. The van der Waals surface area contributed by atoms with E-state index < -0.39 is 0 Å². The molecule has 0 unspecified atom stereocenters. The molecular weight excluding hydrogens is 202 g/mol. The summed E-state index contributed by atoms with van der Waals surface area (Å²) in [5, 5.41) is 0.587. The Balaban J connectivity index is 0.000000791. The van der Waals surface area contributed by atoms with Gasteiger partial charge in [-0.3, -0.25) is 0 Å². The first-order chi connectivity index (χ1) is 6.66. The van der Waals surface area contributed by atoms with Crippen LogP contribution in [0.1, 0.15) is 19.4 Å². The SMILES string of the molecule is CC.CO[NH2+]c1cnc(N)c(C)c1Cl. The maximum atomic E-state index is 5.95. The predicted octanol–water partition coefficient (Wildman–Crippen LogP) is 1.41. The van der Waals surface area contributed by atoms with Gasteiger partial charge in [0.15, 0.2) is 5.69 Å². The molecule has 1 aromatic rings. The molecule has 5 heteroatoms. The molecular formula is C9H17ClN3O+. The zero-order chi connectivity index (χ0) is 11.1. The minimum Gasteiger partial charge on any atom is -0.383 e. The quantitative estimate of drug-likeness (QED) is 0.738. The van der Waals surface area contributed by atoms with E-state index in [1.807, 2.05) is 20.8 Å². The molecule has 1 rings (SSSR count). The lowest BCUT2D eigenvalue weighted by molar-refractivity contribution is -0.830. The third-order valence-corrected chi connectivity index (χ3v) is 2.06. The predicted molar refractivity (Wildman–Crippen MR) is 58.3 cm³/mol. The fourth-order valence-corrected chi connectivity index (χ4v) is 1.02. The summed E-state index contributed by atoms with van der Waals surface area (Å²) in [7, 11) is 1.56. The van der Waals surface area contributed by atoms with Crippen molar-refractivity contribution in [3.63, 3.8) is 0 Å². The smallest absolute Gasteiger partial charge is 0.199 e. The van der Waals surface area contributed by atoms with E-state index >= 15 is 0 Å². The van der Waals surface area contributed by atoms with Gasteiger partial charge in [-0.25, -0.2) is 9.82 Å². The highest BCUT2D eigenvalue weighted by molar-refractivity contribution is 6.33. The monoisotopic (exact) mass is 218 g/mol. The van der Waals surface area contributed by atoms with E-state index in [1.165, 1.54) is 5.48 Å². The van der Waals surface area contributed by atoms with E-state index in [1.54, 1.807) is 13.3 Å². The van der Waals surface area contributed by atoms with Gasteiger partial charge in [-0.15, -0.1) is 0 Å². The second-order valence-electron chi connectivity index (χ2n) is 2.39. The number of nitrogen functional groups attached to an aromatic ring is 1. The van der Waals surface area contributed by atoms with Gasteiger partial charge in [0, 0.05) is 5.56 Å². The molecule has 1 heterocycles. The highest BCUT2D eigenvalue weighted by Crippen LogP contribution is 2.23. The van der Waals surface area contributed by atoms with Crippen molar-refractivity contribution < 1.29 is 10.3 Å². The van der Waals surface area contributed by atoms with Crippen LogP contribution in [0.15, 0.2) is 6.20 Å². The topological polar surface area (TPSA) is 64.8 Å². The van der Waals surface area contributed by atoms with Crippen LogP contribution in [-0.4, -0.2) is 12.1 Å². The van der Waals surface area contributed by atoms with Gasteiger partial charge in [0.05, 0.1) is 13.3 Å². The lowest BCUT2D eigenvalue weighted by Gasteiger charge is -2.03. The molecule has 0 aliphatic rings. The molecule has 0 bridgehead atoms. The van der Waals surface area contributed by atoms with Crippen LogP contribution in [0.2, 0.25) is 5.02 Å². The Morgan fingerprint density at radius 2 is 2.07 bits per heavy atom. The molecule has 14 heavy (non-hydrogen) atoms. The van der Waals surface area contributed by atoms with Gasteiger partial charge < -0.3 is 5.73 Å². The van der Waals surface area contributed by atoms with Gasteiger partial charge >= 0.3 is 0 Å². The number of aromatic nitrogens is 1. The summed E-state index contributed by atoms with van der Waals surface area (Å²) in [5.41, 5.74) is 8.59. The van der Waals surface area contributed by atoms with E-state index in [2.05, 4.69) is 4.98 Å². The van der Waals surface area contributed by atoms with Gasteiger partial charge in [-0.1, -0.05) is 25.4 Å². The first-order valence-corrected chi connectivity index (χ1v) is 4.81. The number of quaternary nitrogens is 1. The minimum atomic E-state index is 0.452. The van der Waals surface area contributed by atoms with Crippen LogP contribution in [-0.2, 0) is 4.84 Å². The summed E-state index contributed by atoms with van der Waals surface area (Å²) in [6.07, 6.45) is 1.58. The highest BCUT2D eigenvalue weighted by Gasteiger charge is 2.10. The normalized spacial score (nSPS) is 9.21. The van der Waals surface area contributed by atoms with Crippen LogP contribution >= 0.6 is 11.6 Å². The fraction of sp³-hybridized carbons (Fsp3) is 0.444. The number of pyridine rings is 1. The average Bonchev–Trinajstić information content (AvgIpc) is 2.22. The van der Waals surface area contributed by atoms with Gasteiger partial charge in [-0.05, 0) is 6.92 Å². The summed E-state index contributed by atoms with van der Waals surface area (Å²) >= 11 is 5.95. The minimum absolute atomic E-state index is 0.452. The Labute approximate surface area is 89.4 Å². The summed E-state index contributed by atoms with van der Waals surface area (Å²) in [6.45, 7) is 5.82. The second-order valence-corrected chi connectivity index (χ2v) is 2.77. The molecule has 0 amide bonds. The van der Waals surface area contributed by atoms with E-state index in [0.29, 0.717) is 10.8 Å². The first-order valence-electron chi connectivity index (χ1n) is 4.43. The van der Waals surface area contributed by atoms with Crippen molar-refractivity contribution in [2.45, 2.75) is 20.8 Å². The van der Waals surface area contributed by atoms with Crippen LogP contribution in [0.4, 0.5) is 11.5 Å². The lowest BCUT2D eigenvalue weighted by atomic mass is 10.2. The molecule has 0 saturated carbocycles. The second kappa shape index (κ2) is 6.59. The van der Waals surface area contributed by atoms with Crippen LogP contribution < -0.4 is 11.2 Å². The number of rotatable bonds is 2. The highest BCUT2D eigenvalue weighted by atomic mass is 35.5. The van der Waals surface area contributed by atoms with E-state index in [4.69, 9.17) is 22.2 Å². The largest absolute Gasteiger partial charge is 0.383 e. The number of nitrogens with two attached hydrogens (primary N) is 2. The van der Waals surface area contributed by atoms with Crippen molar-refractivity contribution in [2.24, 2.45) is 0 Å². The maximum Gasteiger partial charge on any atom is 0.199 e. The molecule has 0 saturated heterocycles. The number of hydrogen-bond donors (Lipinski definition) is 2. The molecule has 0 radical (unpaired) electrons. The van der Waals surface area contributed by atoms with Crippen molar-refractivity contribution in [3.8, 4) is 0 Å². The summed E-state index contributed by atoms with van der Waals surface area (Å²) < 4.78 is 0. The van der Waals surface area contributed by atoms with E-state index in [9.17, 15) is 0 Å². The number of halogens is 1. The molecule has 4 nitrogen and oxygen atoms in total. The van der Waals surface area contributed by atoms with E-state index in [0.717, 1.165) is 11.3 Å². The molecule has 0 atom stereocenters. The summed E-state index contributed by atoms with van der Waals surface area (Å²) in [5.74, 6) is 0.452. The number of hydrogen-bond acceptors (Lipinski definition) is 3. The standard InChI is InChI=1S/C7H10ClN3O.C2H6/c1-4-6(8)5(11-12-2)3-10-7(4)9;1-2/h3,11H,1-2H3,(H2,9,10);1-2H3/p+1. The zero-order valence-corrected chi connectivity index (χ0v) is 9.72. The summed E-state index contributed by atoms with van der Waals surface area (Å²) in [6, 6.07) is 0. The fourth-order valence-electron chi connectivity index (χ4n) is 0.831. The Hall–Kier alpha value is -0.840. The molecule has 0 aromatic carbocycles. The Bertz CT molecular complexity index is 292. The van der Waals surface area contributed by atoms with Crippen molar-refractivity contribution in [1.29, 1.82) is 0 Å². The number of nitrogens with zero attached hydrogens (tertiary/aromatic N) is 1. The average molecular weight is 219 g/mol.